The van der Waals surface area contributed by atoms with Gasteiger partial charge in [-0.1, -0.05) is 11.6 Å². The van der Waals surface area contributed by atoms with Gasteiger partial charge in [-0.25, -0.2) is 4.39 Å². The van der Waals surface area contributed by atoms with E-state index in [4.69, 9.17) is 16.0 Å². The maximum absolute atomic E-state index is 13.7. The molecule has 3 rings (SSSR count). The van der Waals surface area contributed by atoms with Crippen LogP contribution in [0.15, 0.2) is 51.6 Å². The molecule has 1 amide bonds. The van der Waals surface area contributed by atoms with Gasteiger partial charge in [0.1, 0.15) is 11.6 Å². The molecule has 0 spiro atoms. The number of anilines is 1. The summed E-state index contributed by atoms with van der Waals surface area (Å²) in [5, 5.41) is 6.79. The van der Waals surface area contributed by atoms with E-state index in [0.717, 1.165) is 10.5 Å². The first-order valence-corrected chi connectivity index (χ1v) is 7.71. The number of hydrogen-bond donors (Lipinski definition) is 1. The number of hydrogen-bond acceptors (Lipinski definition) is 3. The number of carbonyl (C=O) groups is 1. The Labute approximate surface area is 144 Å². The average molecular weight is 399 g/mol. The van der Waals surface area contributed by atoms with Crippen LogP contribution in [0.3, 0.4) is 0 Å². The highest BCUT2D eigenvalue weighted by atomic mass is 79.9. The second kappa shape index (κ2) is 6.55. The van der Waals surface area contributed by atoms with Gasteiger partial charge in [0.25, 0.3) is 5.91 Å². The number of rotatable bonds is 4. The number of nitrogens with zero attached hydrogens (tertiary/aromatic N) is 2. The monoisotopic (exact) mass is 397 g/mol. The number of nitrogens with one attached hydrogen (secondary N) is 1. The maximum atomic E-state index is 13.7. The van der Waals surface area contributed by atoms with Crippen molar-refractivity contribution in [2.24, 2.45) is 0 Å². The second-order valence-electron chi connectivity index (χ2n) is 4.70. The fraction of sp³-hybridized carbons (Fsp3) is 0.0667. The average Bonchev–Trinajstić information content (AvgIpc) is 3.12. The molecule has 23 heavy (non-hydrogen) atoms. The normalized spacial score (nSPS) is 10.7. The van der Waals surface area contributed by atoms with E-state index in [1.54, 1.807) is 23.1 Å². The van der Waals surface area contributed by atoms with Crippen molar-refractivity contribution in [2.75, 3.05) is 5.32 Å². The molecule has 118 valence electrons. The van der Waals surface area contributed by atoms with E-state index < -0.39 is 11.7 Å². The number of amides is 1. The summed E-state index contributed by atoms with van der Waals surface area (Å²) in [7, 11) is 0. The molecule has 0 saturated carbocycles. The molecule has 3 aromatic rings. The minimum Gasteiger partial charge on any atom is -0.454 e. The minimum absolute atomic E-state index is 0.0355. The molecule has 2 aromatic heterocycles. The standard InChI is InChI=1S/C15H10BrClFN3O2/c16-9-6-19-21(7-9)8-11-2-4-14(23-11)15(22)20-13-3-1-10(17)5-12(13)18/h1-7H,8H2,(H,20,22). The Morgan fingerprint density at radius 1 is 1.39 bits per heavy atom. The van der Waals surface area contributed by atoms with Crippen LogP contribution in [-0.2, 0) is 6.54 Å². The highest BCUT2D eigenvalue weighted by molar-refractivity contribution is 9.10. The Morgan fingerprint density at radius 2 is 2.22 bits per heavy atom. The van der Waals surface area contributed by atoms with Crippen LogP contribution < -0.4 is 5.32 Å². The number of benzene rings is 1. The molecular weight excluding hydrogens is 389 g/mol. The molecule has 5 nitrogen and oxygen atoms in total. The van der Waals surface area contributed by atoms with Gasteiger partial charge in [0.05, 0.1) is 22.9 Å². The number of furan rings is 1. The molecule has 1 aromatic carbocycles. The Balaban J connectivity index is 1.70. The highest BCUT2D eigenvalue weighted by Gasteiger charge is 2.14. The maximum Gasteiger partial charge on any atom is 0.291 e. The molecule has 0 bridgehead atoms. The van der Waals surface area contributed by atoms with Gasteiger partial charge in [-0.2, -0.15) is 5.10 Å². The van der Waals surface area contributed by atoms with E-state index in [1.165, 1.54) is 18.2 Å². The first kappa shape index (κ1) is 15.8. The Hall–Kier alpha value is -2.12. The van der Waals surface area contributed by atoms with Gasteiger partial charge in [0.15, 0.2) is 5.76 Å². The lowest BCUT2D eigenvalue weighted by molar-refractivity contribution is 0.0994. The SMILES string of the molecule is O=C(Nc1ccc(Cl)cc1F)c1ccc(Cn2cc(Br)cn2)o1. The van der Waals surface area contributed by atoms with Crippen LogP contribution >= 0.6 is 27.5 Å². The molecule has 0 fully saturated rings. The zero-order valence-corrected chi connectivity index (χ0v) is 13.9. The third-order valence-corrected chi connectivity index (χ3v) is 3.63. The van der Waals surface area contributed by atoms with Crippen LogP contribution in [0.2, 0.25) is 5.02 Å². The molecule has 0 aliphatic rings. The van der Waals surface area contributed by atoms with Gasteiger partial charge in [0, 0.05) is 11.2 Å². The van der Waals surface area contributed by atoms with Crippen LogP contribution in [0.5, 0.6) is 0 Å². The molecule has 0 radical (unpaired) electrons. The van der Waals surface area contributed by atoms with Gasteiger partial charge in [-0.05, 0) is 46.3 Å². The largest absolute Gasteiger partial charge is 0.454 e. The first-order valence-electron chi connectivity index (χ1n) is 6.54. The summed E-state index contributed by atoms with van der Waals surface area (Å²) in [6.07, 6.45) is 3.44. The van der Waals surface area contributed by atoms with Gasteiger partial charge < -0.3 is 9.73 Å². The van der Waals surface area contributed by atoms with Crippen LogP contribution in [0, 0.1) is 5.82 Å². The molecule has 0 atom stereocenters. The van der Waals surface area contributed by atoms with Crippen molar-refractivity contribution in [3.8, 4) is 0 Å². The van der Waals surface area contributed by atoms with Crippen molar-refractivity contribution in [3.05, 3.63) is 69.6 Å². The summed E-state index contributed by atoms with van der Waals surface area (Å²) in [6.45, 7) is 0.383. The Bertz CT molecular complexity index is 862. The van der Waals surface area contributed by atoms with Crippen LogP contribution in [0.4, 0.5) is 10.1 Å². The van der Waals surface area contributed by atoms with Crippen molar-refractivity contribution in [1.29, 1.82) is 0 Å². The summed E-state index contributed by atoms with van der Waals surface area (Å²) in [5.41, 5.74) is 0.0355. The van der Waals surface area contributed by atoms with Gasteiger partial charge >= 0.3 is 0 Å². The van der Waals surface area contributed by atoms with E-state index in [-0.39, 0.29) is 16.5 Å². The molecule has 2 heterocycles. The number of aromatic nitrogens is 2. The van der Waals surface area contributed by atoms with Crippen molar-refractivity contribution >= 4 is 39.1 Å². The molecule has 8 heteroatoms. The quantitative estimate of drug-likeness (QED) is 0.711. The second-order valence-corrected chi connectivity index (χ2v) is 6.05. The van der Waals surface area contributed by atoms with Crippen LogP contribution in [-0.4, -0.2) is 15.7 Å². The summed E-state index contributed by atoms with van der Waals surface area (Å²) >= 11 is 8.97. The van der Waals surface area contributed by atoms with Crippen molar-refractivity contribution in [3.63, 3.8) is 0 Å². The zero-order valence-electron chi connectivity index (χ0n) is 11.6. The van der Waals surface area contributed by atoms with E-state index >= 15 is 0 Å². The molecule has 0 saturated heterocycles. The molecule has 0 unspecified atom stereocenters. The summed E-state index contributed by atoms with van der Waals surface area (Å²) in [6, 6.07) is 7.20. The lowest BCUT2D eigenvalue weighted by atomic mass is 10.3. The Morgan fingerprint density at radius 3 is 2.91 bits per heavy atom. The zero-order chi connectivity index (χ0) is 16.4. The van der Waals surface area contributed by atoms with Crippen molar-refractivity contribution in [1.82, 2.24) is 9.78 Å². The summed E-state index contributed by atoms with van der Waals surface area (Å²) in [5.74, 6) is -0.513. The summed E-state index contributed by atoms with van der Waals surface area (Å²) in [4.78, 5) is 12.1. The van der Waals surface area contributed by atoms with Gasteiger partial charge in [-0.15, -0.1) is 0 Å². The molecule has 0 aliphatic carbocycles. The third kappa shape index (κ3) is 3.80. The Kier molecular flexibility index (Phi) is 4.49. The van der Waals surface area contributed by atoms with Gasteiger partial charge in [0.2, 0.25) is 0 Å². The molecular formula is C15H10BrClFN3O2. The highest BCUT2D eigenvalue weighted by Crippen LogP contribution is 2.20. The topological polar surface area (TPSA) is 60.1 Å². The minimum atomic E-state index is -0.612. The van der Waals surface area contributed by atoms with Crippen molar-refractivity contribution < 1.29 is 13.6 Å². The predicted octanol–water partition coefficient (Wildman–Crippen LogP) is 4.33. The van der Waals surface area contributed by atoms with E-state index in [2.05, 4.69) is 26.3 Å². The number of carbonyl (C=O) groups excluding carboxylic acids is 1. The van der Waals surface area contributed by atoms with E-state index in [9.17, 15) is 9.18 Å². The van der Waals surface area contributed by atoms with Gasteiger partial charge in [-0.3, -0.25) is 9.48 Å². The van der Waals surface area contributed by atoms with Crippen molar-refractivity contribution in [2.45, 2.75) is 6.54 Å². The fourth-order valence-electron chi connectivity index (χ4n) is 1.94. The van der Waals surface area contributed by atoms with Crippen LogP contribution in [0.25, 0.3) is 0 Å². The fourth-order valence-corrected chi connectivity index (χ4v) is 2.43. The predicted molar refractivity (Wildman–Crippen MR) is 87.1 cm³/mol. The lowest BCUT2D eigenvalue weighted by Gasteiger charge is -2.05. The first-order chi connectivity index (χ1) is 11.0. The lowest BCUT2D eigenvalue weighted by Crippen LogP contribution is -2.12. The summed E-state index contributed by atoms with van der Waals surface area (Å²) < 4.78 is 21.6. The van der Waals surface area contributed by atoms with E-state index in [0.29, 0.717) is 12.3 Å². The molecule has 1 N–H and O–H groups in total. The van der Waals surface area contributed by atoms with E-state index in [1.807, 2.05) is 0 Å². The molecule has 0 aliphatic heterocycles. The third-order valence-electron chi connectivity index (χ3n) is 2.98. The smallest absolute Gasteiger partial charge is 0.291 e. The van der Waals surface area contributed by atoms with Crippen LogP contribution in [0.1, 0.15) is 16.3 Å². The number of halogens is 3.